The number of hydrogen-bond donors (Lipinski definition) is 1. The molecule has 2 fully saturated rings. The van der Waals surface area contributed by atoms with Crippen molar-refractivity contribution in [2.45, 2.75) is 72.3 Å². The molecule has 3 aliphatic carbocycles. The number of ketones is 1. The van der Waals surface area contributed by atoms with Gasteiger partial charge in [0.05, 0.1) is 12.0 Å². The smallest absolute Gasteiger partial charge is 0.309 e. The fourth-order valence-electron chi connectivity index (χ4n) is 5.68. The monoisotopic (exact) mass is 334 g/mol. The Hall–Kier alpha value is -1.16. The standard InChI is InChI=1S/C20H30O4/c1-12-6-7-13-8-15-14(11-24-17(22)10-18(2,3)23)16(21)9-20(12,15)19(13,4)5/h12-13,23H,6-11H2,1-5H3. The van der Waals surface area contributed by atoms with Crippen LogP contribution in [0.2, 0.25) is 0 Å². The number of aliphatic hydroxyl groups is 1. The van der Waals surface area contributed by atoms with Gasteiger partial charge in [-0.05, 0) is 50.4 Å². The maximum atomic E-state index is 12.7. The molecule has 2 saturated carbocycles. The third kappa shape index (κ3) is 2.45. The van der Waals surface area contributed by atoms with Gasteiger partial charge in [0.25, 0.3) is 0 Å². The van der Waals surface area contributed by atoms with E-state index >= 15 is 0 Å². The van der Waals surface area contributed by atoms with Gasteiger partial charge in [0.15, 0.2) is 5.78 Å². The van der Waals surface area contributed by atoms with Crippen LogP contribution in [-0.4, -0.2) is 29.1 Å². The highest BCUT2D eigenvalue weighted by atomic mass is 16.5. The number of carbonyl (C=O) groups excluding carboxylic acids is 2. The molecule has 3 aliphatic rings. The molecule has 24 heavy (non-hydrogen) atoms. The van der Waals surface area contributed by atoms with E-state index in [4.69, 9.17) is 4.74 Å². The molecule has 0 aromatic rings. The van der Waals surface area contributed by atoms with Crippen LogP contribution in [0.1, 0.15) is 66.7 Å². The summed E-state index contributed by atoms with van der Waals surface area (Å²) in [6.07, 6.45) is 3.89. The van der Waals surface area contributed by atoms with Crippen molar-refractivity contribution >= 4 is 11.8 Å². The normalized spacial score (nSPS) is 34.5. The highest BCUT2D eigenvalue weighted by molar-refractivity contribution is 6.01. The first-order valence-electron chi connectivity index (χ1n) is 9.13. The molecule has 0 aromatic heterocycles. The van der Waals surface area contributed by atoms with Gasteiger partial charge >= 0.3 is 5.97 Å². The zero-order chi connectivity index (χ0) is 17.9. The minimum absolute atomic E-state index is 0.0367. The number of esters is 1. The molecule has 0 aromatic carbocycles. The third-order valence-corrected chi connectivity index (χ3v) is 7.04. The summed E-state index contributed by atoms with van der Waals surface area (Å²) in [7, 11) is 0. The summed E-state index contributed by atoms with van der Waals surface area (Å²) in [5.74, 6) is 0.826. The van der Waals surface area contributed by atoms with E-state index in [0.29, 0.717) is 18.3 Å². The molecule has 4 nitrogen and oxygen atoms in total. The van der Waals surface area contributed by atoms with Crippen LogP contribution in [-0.2, 0) is 14.3 Å². The Bertz CT molecular complexity index is 608. The first-order chi connectivity index (χ1) is 11.0. The molecule has 0 heterocycles. The van der Waals surface area contributed by atoms with Crippen LogP contribution in [0.25, 0.3) is 0 Å². The fourth-order valence-corrected chi connectivity index (χ4v) is 5.68. The minimum atomic E-state index is -1.09. The Balaban J connectivity index is 1.85. The van der Waals surface area contributed by atoms with Crippen molar-refractivity contribution in [1.82, 2.24) is 0 Å². The Labute approximate surface area is 144 Å². The number of fused-ring (bicyclic) bond motifs is 1. The van der Waals surface area contributed by atoms with Gasteiger partial charge < -0.3 is 9.84 Å². The molecular weight excluding hydrogens is 304 g/mol. The molecule has 3 unspecified atom stereocenters. The number of hydrogen-bond acceptors (Lipinski definition) is 4. The van der Waals surface area contributed by atoms with E-state index in [1.807, 2.05) is 0 Å². The van der Waals surface area contributed by atoms with Crippen molar-refractivity contribution in [3.8, 4) is 0 Å². The summed E-state index contributed by atoms with van der Waals surface area (Å²) < 4.78 is 5.35. The van der Waals surface area contributed by atoms with E-state index in [9.17, 15) is 14.7 Å². The molecule has 0 amide bonds. The van der Waals surface area contributed by atoms with Gasteiger partial charge in [-0.2, -0.15) is 0 Å². The maximum Gasteiger partial charge on any atom is 0.309 e. The van der Waals surface area contributed by atoms with Crippen molar-refractivity contribution in [3.05, 3.63) is 11.1 Å². The van der Waals surface area contributed by atoms with Gasteiger partial charge in [0, 0.05) is 17.4 Å². The Morgan fingerprint density at radius 3 is 2.62 bits per heavy atom. The lowest BCUT2D eigenvalue weighted by atomic mass is 9.53. The first-order valence-corrected chi connectivity index (χ1v) is 9.13. The molecule has 0 saturated heterocycles. The average molecular weight is 334 g/mol. The van der Waals surface area contributed by atoms with Gasteiger partial charge in [-0.3, -0.25) is 9.59 Å². The van der Waals surface area contributed by atoms with Crippen LogP contribution in [0.5, 0.6) is 0 Å². The van der Waals surface area contributed by atoms with E-state index in [2.05, 4.69) is 20.8 Å². The largest absolute Gasteiger partial charge is 0.461 e. The van der Waals surface area contributed by atoms with Gasteiger partial charge in [0.1, 0.15) is 6.61 Å². The summed E-state index contributed by atoms with van der Waals surface area (Å²) in [5.41, 5.74) is 1.02. The van der Waals surface area contributed by atoms with Crippen LogP contribution >= 0.6 is 0 Å². The van der Waals surface area contributed by atoms with Crippen molar-refractivity contribution in [1.29, 1.82) is 0 Å². The summed E-state index contributed by atoms with van der Waals surface area (Å²) in [4.78, 5) is 24.6. The second-order valence-corrected chi connectivity index (χ2v) is 9.28. The Morgan fingerprint density at radius 1 is 1.33 bits per heavy atom. The molecule has 1 N–H and O–H groups in total. The lowest BCUT2D eigenvalue weighted by Crippen LogP contribution is -2.45. The van der Waals surface area contributed by atoms with Gasteiger partial charge in [0.2, 0.25) is 0 Å². The number of ether oxygens (including phenoxy) is 1. The second kappa shape index (κ2) is 5.42. The molecule has 1 spiro atoms. The van der Waals surface area contributed by atoms with Crippen LogP contribution < -0.4 is 0 Å². The maximum absolute atomic E-state index is 12.7. The number of allylic oxidation sites excluding steroid dienone is 1. The number of rotatable bonds is 4. The van der Waals surface area contributed by atoms with Crippen LogP contribution in [0.4, 0.5) is 0 Å². The lowest BCUT2D eigenvalue weighted by molar-refractivity contribution is -0.147. The zero-order valence-corrected chi connectivity index (χ0v) is 15.6. The summed E-state index contributed by atoms with van der Waals surface area (Å²) in [6, 6.07) is 0. The summed E-state index contributed by atoms with van der Waals surface area (Å²) in [5, 5.41) is 9.73. The minimum Gasteiger partial charge on any atom is -0.461 e. The molecule has 134 valence electrons. The van der Waals surface area contributed by atoms with Crippen molar-refractivity contribution in [2.24, 2.45) is 22.7 Å². The van der Waals surface area contributed by atoms with Crippen molar-refractivity contribution < 1.29 is 19.4 Å². The van der Waals surface area contributed by atoms with E-state index in [1.165, 1.54) is 18.4 Å². The predicted octanol–water partition coefficient (Wildman–Crippen LogP) is 3.42. The van der Waals surface area contributed by atoms with E-state index in [0.717, 1.165) is 12.0 Å². The SMILES string of the molecule is CC1CCC2CC3=C(COC(=O)CC(C)(C)O)C(=O)CC31C2(C)C. The van der Waals surface area contributed by atoms with Crippen LogP contribution in [0, 0.1) is 22.7 Å². The topological polar surface area (TPSA) is 63.6 Å². The molecule has 2 bridgehead atoms. The fraction of sp³-hybridized carbons (Fsp3) is 0.800. The molecule has 0 radical (unpaired) electrons. The Kier molecular flexibility index (Phi) is 3.99. The van der Waals surface area contributed by atoms with E-state index in [1.54, 1.807) is 13.8 Å². The molecule has 3 atom stereocenters. The zero-order valence-electron chi connectivity index (χ0n) is 15.6. The highest BCUT2D eigenvalue weighted by Crippen LogP contribution is 2.71. The van der Waals surface area contributed by atoms with Crippen LogP contribution in [0.15, 0.2) is 11.1 Å². The third-order valence-electron chi connectivity index (χ3n) is 7.04. The summed E-state index contributed by atoms with van der Waals surface area (Å²) >= 11 is 0. The molecular formula is C20H30O4. The second-order valence-electron chi connectivity index (χ2n) is 9.28. The van der Waals surface area contributed by atoms with Gasteiger partial charge in [-0.1, -0.05) is 26.3 Å². The van der Waals surface area contributed by atoms with E-state index < -0.39 is 11.6 Å². The molecule has 3 rings (SSSR count). The van der Waals surface area contributed by atoms with Crippen molar-refractivity contribution in [2.75, 3.05) is 6.61 Å². The molecule has 4 heteroatoms. The number of carbonyl (C=O) groups is 2. The van der Waals surface area contributed by atoms with Gasteiger partial charge in [-0.15, -0.1) is 0 Å². The number of Topliss-reactive ketones (excluding diaryl/α,β-unsaturated/α-hetero) is 1. The van der Waals surface area contributed by atoms with Gasteiger partial charge in [-0.25, -0.2) is 0 Å². The highest BCUT2D eigenvalue weighted by Gasteiger charge is 2.65. The lowest BCUT2D eigenvalue weighted by Gasteiger charge is -2.51. The van der Waals surface area contributed by atoms with Crippen molar-refractivity contribution in [3.63, 3.8) is 0 Å². The molecule has 0 aliphatic heterocycles. The van der Waals surface area contributed by atoms with E-state index in [-0.39, 0.29) is 29.6 Å². The quantitative estimate of drug-likeness (QED) is 0.800. The summed E-state index contributed by atoms with van der Waals surface area (Å²) in [6.45, 7) is 10.1. The van der Waals surface area contributed by atoms with Crippen LogP contribution in [0.3, 0.4) is 0 Å². The predicted molar refractivity (Wildman–Crippen MR) is 91.2 cm³/mol. The first kappa shape index (κ1) is 17.7. The average Bonchev–Trinajstić information content (AvgIpc) is 2.75. The Morgan fingerprint density at radius 2 is 2.00 bits per heavy atom.